The van der Waals surface area contributed by atoms with E-state index in [1.165, 1.54) is 11.1 Å². The Morgan fingerprint density at radius 2 is 1.48 bits per heavy atom. The van der Waals surface area contributed by atoms with Crippen LogP contribution in [-0.2, 0) is 0 Å². The Labute approximate surface area is 216 Å². The minimum Gasteiger partial charge on any atom is -0.506 e. The molecule has 0 aliphatic rings. The predicted octanol–water partition coefficient (Wildman–Crippen LogP) is 8.52. The molecule has 3 rings (SSSR count). The van der Waals surface area contributed by atoms with Gasteiger partial charge in [0.05, 0.1) is 16.1 Å². The van der Waals surface area contributed by atoms with Crippen molar-refractivity contribution in [2.24, 2.45) is 0 Å². The van der Waals surface area contributed by atoms with Crippen molar-refractivity contribution in [3.05, 3.63) is 93.4 Å². The van der Waals surface area contributed by atoms with Crippen LogP contribution in [0, 0.1) is 21.0 Å². The Hall–Kier alpha value is -0.580. The normalized spacial score (nSPS) is 10.6. The van der Waals surface area contributed by atoms with Crippen molar-refractivity contribution in [3.8, 4) is 11.5 Å². The van der Waals surface area contributed by atoms with Crippen LogP contribution in [0.2, 0.25) is 0 Å². The van der Waals surface area contributed by atoms with E-state index >= 15 is 0 Å². The largest absolute Gasteiger partial charge is 0.506 e. The number of ether oxygens (including phenoxy) is 1. The lowest BCUT2D eigenvalue weighted by Crippen LogP contribution is -1.97. The molecule has 152 valence electrons. The number of hydrogen-bond acceptors (Lipinski definition) is 2. The van der Waals surface area contributed by atoms with Gasteiger partial charge in [-0.3, -0.25) is 0 Å². The third kappa shape index (κ3) is 8.22. The first-order chi connectivity index (χ1) is 13.8. The zero-order valence-corrected chi connectivity index (χ0v) is 23.4. The van der Waals surface area contributed by atoms with Crippen molar-refractivity contribution in [2.75, 3.05) is 6.61 Å². The highest BCUT2D eigenvalue weighted by Gasteiger charge is 2.06. The van der Waals surface area contributed by atoms with Crippen molar-refractivity contribution in [3.63, 3.8) is 0 Å². The topological polar surface area (TPSA) is 29.5 Å². The second-order valence-corrected chi connectivity index (χ2v) is 10.3. The molecule has 0 bridgehead atoms. The van der Waals surface area contributed by atoms with E-state index in [1.807, 2.05) is 43.3 Å². The van der Waals surface area contributed by atoms with E-state index in [2.05, 4.69) is 114 Å². The molecule has 29 heavy (non-hydrogen) atoms. The zero-order chi connectivity index (χ0) is 21.4. The molecule has 0 aliphatic carbocycles. The van der Waals surface area contributed by atoms with Crippen molar-refractivity contribution in [1.29, 1.82) is 0 Å². The average molecular weight is 742 g/mol. The highest BCUT2D eigenvalue weighted by molar-refractivity contribution is 14.1. The van der Waals surface area contributed by atoms with Crippen LogP contribution in [0.3, 0.4) is 0 Å². The van der Waals surface area contributed by atoms with Crippen molar-refractivity contribution in [2.45, 2.75) is 13.8 Å². The SMILES string of the molecule is Cc1cc(Br)c(O)c(I)c1.Cc1cc(Br)c(OCC=Cc2ccccc2)c(I)c1. The van der Waals surface area contributed by atoms with Crippen molar-refractivity contribution < 1.29 is 9.84 Å². The number of benzene rings is 3. The van der Waals surface area contributed by atoms with Crippen LogP contribution >= 0.6 is 77.0 Å². The first-order valence-corrected chi connectivity index (χ1v) is 12.5. The highest BCUT2D eigenvalue weighted by Crippen LogP contribution is 2.32. The molecule has 2 nitrogen and oxygen atoms in total. The van der Waals surface area contributed by atoms with Gasteiger partial charge in [0.1, 0.15) is 18.1 Å². The first-order valence-electron chi connectivity index (χ1n) is 8.72. The molecule has 0 amide bonds. The summed E-state index contributed by atoms with van der Waals surface area (Å²) in [6.07, 6.45) is 4.09. The number of phenolic OH excluding ortho intramolecular Hbond substituents is 1. The molecule has 0 atom stereocenters. The highest BCUT2D eigenvalue weighted by atomic mass is 127. The van der Waals surface area contributed by atoms with Gasteiger partial charge in [0, 0.05) is 0 Å². The molecule has 3 aromatic rings. The summed E-state index contributed by atoms with van der Waals surface area (Å²) in [5.41, 5.74) is 3.56. The van der Waals surface area contributed by atoms with Crippen LogP contribution in [0.5, 0.6) is 11.5 Å². The third-order valence-corrected chi connectivity index (χ3v) is 6.55. The van der Waals surface area contributed by atoms with Crippen LogP contribution in [-0.4, -0.2) is 11.7 Å². The Bertz CT molecular complexity index is 943. The number of aromatic hydroxyl groups is 1. The second-order valence-electron chi connectivity index (χ2n) is 6.26. The lowest BCUT2D eigenvalue weighted by molar-refractivity contribution is 0.358. The van der Waals surface area contributed by atoms with Gasteiger partial charge in [-0.25, -0.2) is 0 Å². The van der Waals surface area contributed by atoms with Crippen molar-refractivity contribution in [1.82, 2.24) is 0 Å². The van der Waals surface area contributed by atoms with E-state index < -0.39 is 0 Å². The van der Waals surface area contributed by atoms with E-state index in [0.29, 0.717) is 12.4 Å². The Morgan fingerprint density at radius 1 is 0.897 bits per heavy atom. The van der Waals surface area contributed by atoms with E-state index in [1.54, 1.807) is 0 Å². The molecular formula is C23H20Br2I2O2. The number of halogens is 4. The molecule has 1 N–H and O–H groups in total. The van der Waals surface area contributed by atoms with E-state index in [0.717, 1.165) is 27.4 Å². The summed E-state index contributed by atoms with van der Waals surface area (Å²) < 4.78 is 9.57. The van der Waals surface area contributed by atoms with Crippen LogP contribution < -0.4 is 4.74 Å². The standard InChI is InChI=1S/C16H14BrIO.C7H6BrIO/c1-12-10-14(17)16(15(18)11-12)19-9-5-8-13-6-3-2-4-7-13;1-4-2-5(8)7(10)6(9)3-4/h2-8,10-11H,9H2,1H3;2-3,10H,1H3. The van der Waals surface area contributed by atoms with Gasteiger partial charge in [-0.1, -0.05) is 36.4 Å². The smallest absolute Gasteiger partial charge is 0.147 e. The summed E-state index contributed by atoms with van der Waals surface area (Å²) >= 11 is 11.2. The van der Waals surface area contributed by atoms with Gasteiger partial charge < -0.3 is 9.84 Å². The number of aryl methyl sites for hydroxylation is 2. The lowest BCUT2D eigenvalue weighted by Gasteiger charge is -2.09. The van der Waals surface area contributed by atoms with Crippen LogP contribution in [0.15, 0.2) is 69.6 Å². The second kappa shape index (κ2) is 12.3. The monoisotopic (exact) mass is 740 g/mol. The number of phenols is 1. The fourth-order valence-electron chi connectivity index (χ4n) is 2.40. The van der Waals surface area contributed by atoms with Crippen molar-refractivity contribution >= 4 is 83.1 Å². The molecular weight excluding hydrogens is 722 g/mol. The number of hydrogen-bond donors (Lipinski definition) is 1. The molecule has 6 heteroatoms. The lowest BCUT2D eigenvalue weighted by atomic mass is 10.2. The predicted molar refractivity (Wildman–Crippen MR) is 146 cm³/mol. The average Bonchev–Trinajstić information content (AvgIpc) is 2.66. The summed E-state index contributed by atoms with van der Waals surface area (Å²) in [4.78, 5) is 0. The molecule has 0 aromatic heterocycles. The van der Waals surface area contributed by atoms with Crippen LogP contribution in [0.1, 0.15) is 16.7 Å². The van der Waals surface area contributed by atoms with Gasteiger partial charge in [-0.05, 0) is 138 Å². The molecule has 0 heterocycles. The fourth-order valence-corrected chi connectivity index (χ4v) is 6.12. The molecule has 0 unspecified atom stereocenters. The summed E-state index contributed by atoms with van der Waals surface area (Å²) in [5.74, 6) is 1.23. The van der Waals surface area contributed by atoms with E-state index in [-0.39, 0.29) is 0 Å². The van der Waals surface area contributed by atoms with Gasteiger partial charge in [0.25, 0.3) is 0 Å². The Balaban J connectivity index is 0.000000253. The van der Waals surface area contributed by atoms with Crippen LogP contribution in [0.4, 0.5) is 0 Å². The Kier molecular flexibility index (Phi) is 10.5. The molecule has 0 radical (unpaired) electrons. The number of rotatable bonds is 4. The molecule has 0 spiro atoms. The van der Waals surface area contributed by atoms with Gasteiger partial charge in [-0.2, -0.15) is 0 Å². The maximum Gasteiger partial charge on any atom is 0.147 e. The summed E-state index contributed by atoms with van der Waals surface area (Å²) in [6, 6.07) is 18.2. The zero-order valence-electron chi connectivity index (χ0n) is 15.9. The minimum absolute atomic E-state index is 0.325. The minimum atomic E-state index is 0.325. The molecule has 0 saturated heterocycles. The molecule has 3 aromatic carbocycles. The van der Waals surface area contributed by atoms with Gasteiger partial charge in [-0.15, -0.1) is 0 Å². The molecule has 0 fully saturated rings. The maximum absolute atomic E-state index is 9.28. The van der Waals surface area contributed by atoms with E-state index in [9.17, 15) is 5.11 Å². The van der Waals surface area contributed by atoms with Gasteiger partial charge in [0.15, 0.2) is 0 Å². The first kappa shape index (κ1) is 24.7. The van der Waals surface area contributed by atoms with Gasteiger partial charge >= 0.3 is 0 Å². The maximum atomic E-state index is 9.28. The van der Waals surface area contributed by atoms with E-state index in [4.69, 9.17) is 4.74 Å². The summed E-state index contributed by atoms with van der Waals surface area (Å²) in [6.45, 7) is 4.63. The van der Waals surface area contributed by atoms with Crippen LogP contribution in [0.25, 0.3) is 6.08 Å². The Morgan fingerprint density at radius 3 is 2.07 bits per heavy atom. The molecule has 0 aliphatic heterocycles. The quantitative estimate of drug-likeness (QED) is 0.272. The molecule has 0 saturated carbocycles. The fraction of sp³-hybridized carbons (Fsp3) is 0.130. The van der Waals surface area contributed by atoms with Gasteiger partial charge in [0.2, 0.25) is 0 Å². The summed E-state index contributed by atoms with van der Waals surface area (Å²) in [7, 11) is 0. The summed E-state index contributed by atoms with van der Waals surface area (Å²) in [5, 5.41) is 9.28. The third-order valence-electron chi connectivity index (χ3n) is 3.74.